The molecule has 0 radical (unpaired) electrons. The summed E-state index contributed by atoms with van der Waals surface area (Å²) in [6.45, 7) is 0. The number of benzene rings is 7. The van der Waals surface area contributed by atoms with Crippen LogP contribution in [0.3, 0.4) is 0 Å². The molecule has 7 aromatic rings. The Morgan fingerprint density at radius 1 is 0.263 bits per heavy atom. The summed E-state index contributed by atoms with van der Waals surface area (Å²) < 4.78 is 0. The first-order chi connectivity index (χ1) is 18.8. The minimum atomic E-state index is 1.23. The average Bonchev–Trinajstić information content (AvgIpc) is 3.32. The molecular formula is C38H24. The van der Waals surface area contributed by atoms with Crippen LogP contribution in [0.4, 0.5) is 0 Å². The van der Waals surface area contributed by atoms with E-state index in [2.05, 4.69) is 146 Å². The second kappa shape index (κ2) is 8.30. The van der Waals surface area contributed by atoms with Crippen LogP contribution >= 0.6 is 0 Å². The molecule has 0 heterocycles. The molecular weight excluding hydrogens is 456 g/mol. The lowest BCUT2D eigenvalue weighted by Gasteiger charge is -2.12. The van der Waals surface area contributed by atoms with E-state index in [4.69, 9.17) is 0 Å². The standard InChI is InChI=1S/C38H24/c1-2-16-32-25(9-1)10-7-19-33(32)29-14-6-12-27(22-29)26-11-5-13-28(21-26)31-23-30-15-8-20-36-34-17-3-4-18-35(34)37(24-31)38(30)36/h1-24H. The largest absolute Gasteiger partial charge is 0.0616 e. The van der Waals surface area contributed by atoms with Gasteiger partial charge in [0.2, 0.25) is 0 Å². The molecule has 0 spiro atoms. The Balaban J connectivity index is 1.25. The Morgan fingerprint density at radius 2 is 0.789 bits per heavy atom. The maximum atomic E-state index is 2.38. The third-order valence-electron chi connectivity index (χ3n) is 7.98. The van der Waals surface area contributed by atoms with E-state index in [0.717, 1.165) is 0 Å². The monoisotopic (exact) mass is 480 g/mol. The van der Waals surface area contributed by atoms with Crippen molar-refractivity contribution in [3.05, 3.63) is 146 Å². The molecule has 0 saturated heterocycles. The van der Waals surface area contributed by atoms with E-state index >= 15 is 0 Å². The molecule has 8 rings (SSSR count). The average molecular weight is 481 g/mol. The summed E-state index contributed by atoms with van der Waals surface area (Å²) in [6, 6.07) is 53.3. The minimum absolute atomic E-state index is 1.23. The van der Waals surface area contributed by atoms with E-state index in [0.29, 0.717) is 0 Å². The smallest absolute Gasteiger partial charge is 0.00259 e. The summed E-state index contributed by atoms with van der Waals surface area (Å²) >= 11 is 0. The minimum Gasteiger partial charge on any atom is -0.0616 e. The highest BCUT2D eigenvalue weighted by Crippen LogP contribution is 2.48. The van der Waals surface area contributed by atoms with Crippen LogP contribution in [-0.4, -0.2) is 0 Å². The van der Waals surface area contributed by atoms with Crippen LogP contribution in [0.5, 0.6) is 0 Å². The SMILES string of the molecule is c1cc(-c2cccc(-c3cccc4ccccc34)c2)cc(-c2cc3c4c(cccc4c2)-c2ccccc2-3)c1. The molecule has 0 heteroatoms. The molecule has 1 aliphatic rings. The van der Waals surface area contributed by atoms with E-state index in [1.165, 1.54) is 77.2 Å². The van der Waals surface area contributed by atoms with Gasteiger partial charge >= 0.3 is 0 Å². The van der Waals surface area contributed by atoms with Crippen LogP contribution in [0.1, 0.15) is 0 Å². The maximum absolute atomic E-state index is 2.38. The van der Waals surface area contributed by atoms with Gasteiger partial charge in [-0.05, 0) is 101 Å². The zero-order valence-corrected chi connectivity index (χ0v) is 20.9. The van der Waals surface area contributed by atoms with E-state index in [-0.39, 0.29) is 0 Å². The number of hydrogen-bond acceptors (Lipinski definition) is 0. The summed E-state index contributed by atoms with van der Waals surface area (Å²) in [6.07, 6.45) is 0. The van der Waals surface area contributed by atoms with Crippen molar-refractivity contribution in [2.45, 2.75) is 0 Å². The molecule has 0 atom stereocenters. The molecule has 0 amide bonds. The van der Waals surface area contributed by atoms with Crippen molar-refractivity contribution < 1.29 is 0 Å². The third-order valence-corrected chi connectivity index (χ3v) is 7.98. The van der Waals surface area contributed by atoms with Crippen LogP contribution in [0.25, 0.3) is 77.2 Å². The Labute approximate surface area is 222 Å². The lowest BCUT2D eigenvalue weighted by molar-refractivity contribution is 1.59. The van der Waals surface area contributed by atoms with Gasteiger partial charge in [-0.2, -0.15) is 0 Å². The van der Waals surface area contributed by atoms with Crippen LogP contribution in [0.15, 0.2) is 146 Å². The van der Waals surface area contributed by atoms with E-state index < -0.39 is 0 Å². The van der Waals surface area contributed by atoms with Gasteiger partial charge in [0.25, 0.3) is 0 Å². The second-order valence-electron chi connectivity index (χ2n) is 10.2. The molecule has 0 N–H and O–H groups in total. The highest BCUT2D eigenvalue weighted by atomic mass is 14.2. The summed E-state index contributed by atoms with van der Waals surface area (Å²) in [5.74, 6) is 0. The predicted molar refractivity (Wildman–Crippen MR) is 162 cm³/mol. The van der Waals surface area contributed by atoms with Gasteiger partial charge in [0.15, 0.2) is 0 Å². The fraction of sp³-hybridized carbons (Fsp3) is 0. The van der Waals surface area contributed by atoms with Crippen molar-refractivity contribution in [1.82, 2.24) is 0 Å². The van der Waals surface area contributed by atoms with Gasteiger partial charge in [-0.3, -0.25) is 0 Å². The van der Waals surface area contributed by atoms with Crippen molar-refractivity contribution in [1.29, 1.82) is 0 Å². The molecule has 176 valence electrons. The quantitative estimate of drug-likeness (QED) is 0.236. The van der Waals surface area contributed by atoms with Gasteiger partial charge in [0, 0.05) is 0 Å². The lowest BCUT2D eigenvalue weighted by atomic mass is 9.92. The molecule has 0 saturated carbocycles. The zero-order chi connectivity index (χ0) is 25.1. The van der Waals surface area contributed by atoms with Crippen LogP contribution in [-0.2, 0) is 0 Å². The first kappa shape index (κ1) is 21.2. The van der Waals surface area contributed by atoms with E-state index in [1.54, 1.807) is 0 Å². The molecule has 0 aromatic heterocycles. The van der Waals surface area contributed by atoms with Crippen molar-refractivity contribution >= 4 is 21.5 Å². The van der Waals surface area contributed by atoms with E-state index in [1.807, 2.05) is 0 Å². The molecule has 0 nitrogen and oxygen atoms in total. The van der Waals surface area contributed by atoms with Gasteiger partial charge in [0.1, 0.15) is 0 Å². The number of hydrogen-bond donors (Lipinski definition) is 0. The Kier molecular flexibility index (Phi) is 4.62. The number of rotatable bonds is 3. The van der Waals surface area contributed by atoms with Crippen molar-refractivity contribution in [3.8, 4) is 55.6 Å². The summed E-state index contributed by atoms with van der Waals surface area (Å²) in [4.78, 5) is 0. The first-order valence-electron chi connectivity index (χ1n) is 13.2. The van der Waals surface area contributed by atoms with Gasteiger partial charge in [-0.15, -0.1) is 0 Å². The summed E-state index contributed by atoms with van der Waals surface area (Å²) in [5, 5.41) is 5.23. The van der Waals surface area contributed by atoms with Gasteiger partial charge in [-0.1, -0.05) is 121 Å². The first-order valence-corrected chi connectivity index (χ1v) is 13.2. The van der Waals surface area contributed by atoms with Crippen LogP contribution in [0, 0.1) is 0 Å². The van der Waals surface area contributed by atoms with E-state index in [9.17, 15) is 0 Å². The molecule has 38 heavy (non-hydrogen) atoms. The predicted octanol–water partition coefficient (Wildman–Crippen LogP) is 10.6. The summed E-state index contributed by atoms with van der Waals surface area (Å²) in [7, 11) is 0. The van der Waals surface area contributed by atoms with Crippen molar-refractivity contribution in [2.75, 3.05) is 0 Å². The fourth-order valence-corrected chi connectivity index (χ4v) is 6.21. The fourth-order valence-electron chi connectivity index (χ4n) is 6.21. The van der Waals surface area contributed by atoms with Crippen molar-refractivity contribution in [3.63, 3.8) is 0 Å². The molecule has 0 bridgehead atoms. The Morgan fingerprint density at radius 3 is 1.61 bits per heavy atom. The topological polar surface area (TPSA) is 0 Å². The summed E-state index contributed by atoms with van der Waals surface area (Å²) in [5.41, 5.74) is 12.8. The number of fused-ring (bicyclic) bond motifs is 4. The van der Waals surface area contributed by atoms with Gasteiger partial charge in [-0.25, -0.2) is 0 Å². The molecule has 1 aliphatic carbocycles. The molecule has 0 aliphatic heterocycles. The van der Waals surface area contributed by atoms with Gasteiger partial charge < -0.3 is 0 Å². The van der Waals surface area contributed by atoms with Crippen molar-refractivity contribution in [2.24, 2.45) is 0 Å². The molecule has 7 aromatic carbocycles. The zero-order valence-electron chi connectivity index (χ0n) is 20.9. The maximum Gasteiger partial charge on any atom is -0.00259 e. The lowest BCUT2D eigenvalue weighted by Crippen LogP contribution is -1.86. The normalized spacial score (nSPS) is 11.7. The van der Waals surface area contributed by atoms with Gasteiger partial charge in [0.05, 0.1) is 0 Å². The third kappa shape index (κ3) is 3.24. The van der Waals surface area contributed by atoms with Crippen LogP contribution < -0.4 is 0 Å². The highest BCUT2D eigenvalue weighted by Gasteiger charge is 2.21. The Hall–Kier alpha value is -4.94. The molecule has 0 unspecified atom stereocenters. The highest BCUT2D eigenvalue weighted by molar-refractivity contribution is 6.16. The van der Waals surface area contributed by atoms with Crippen LogP contribution in [0.2, 0.25) is 0 Å². The Bertz CT molecular complexity index is 2020. The second-order valence-corrected chi connectivity index (χ2v) is 10.2. The molecule has 0 fully saturated rings.